The standard InChI is InChI=1S/C21H25NO4/c1-16-5-4-6-19(15-16)26-14-3-2-7-20(23)22-18-11-8-17(9-12-18)10-13-21(24)25/h4-6,8-9,11-12,15H,2-3,7,10,13-14H2,1H3,(H,22,23)(H,24,25). The number of amides is 1. The number of hydrogen-bond donors (Lipinski definition) is 2. The van der Waals surface area contributed by atoms with Crippen LogP contribution in [0.15, 0.2) is 48.5 Å². The van der Waals surface area contributed by atoms with Crippen LogP contribution in [0.2, 0.25) is 0 Å². The number of carboxylic acids is 1. The quantitative estimate of drug-likeness (QED) is 0.626. The van der Waals surface area contributed by atoms with Crippen molar-refractivity contribution >= 4 is 17.6 Å². The fraction of sp³-hybridized carbons (Fsp3) is 0.333. The lowest BCUT2D eigenvalue weighted by molar-refractivity contribution is -0.137. The van der Waals surface area contributed by atoms with Crippen LogP contribution >= 0.6 is 0 Å². The minimum atomic E-state index is -0.811. The normalized spacial score (nSPS) is 10.3. The first-order valence-electron chi connectivity index (χ1n) is 8.83. The summed E-state index contributed by atoms with van der Waals surface area (Å²) in [6.45, 7) is 2.62. The minimum absolute atomic E-state index is 0.0289. The van der Waals surface area contributed by atoms with Crippen LogP contribution in [-0.4, -0.2) is 23.6 Å². The van der Waals surface area contributed by atoms with E-state index in [1.807, 2.05) is 43.3 Å². The lowest BCUT2D eigenvalue weighted by Gasteiger charge is -2.08. The zero-order valence-electron chi connectivity index (χ0n) is 15.0. The second-order valence-corrected chi connectivity index (χ2v) is 6.26. The number of anilines is 1. The van der Waals surface area contributed by atoms with Crippen molar-refractivity contribution in [3.05, 3.63) is 59.7 Å². The molecule has 0 spiro atoms. The molecule has 2 aromatic rings. The average molecular weight is 355 g/mol. The van der Waals surface area contributed by atoms with Gasteiger partial charge in [0.2, 0.25) is 5.91 Å². The Morgan fingerprint density at radius 3 is 2.50 bits per heavy atom. The summed E-state index contributed by atoms with van der Waals surface area (Å²) in [5.41, 5.74) is 2.83. The highest BCUT2D eigenvalue weighted by atomic mass is 16.5. The van der Waals surface area contributed by atoms with Crippen LogP contribution in [0.1, 0.15) is 36.8 Å². The molecule has 5 nitrogen and oxygen atoms in total. The molecule has 0 heterocycles. The number of aryl methyl sites for hydroxylation is 2. The number of benzene rings is 2. The summed E-state index contributed by atoms with van der Waals surface area (Å²) >= 11 is 0. The lowest BCUT2D eigenvalue weighted by Crippen LogP contribution is -2.11. The van der Waals surface area contributed by atoms with Crippen LogP contribution in [0.5, 0.6) is 5.75 Å². The Morgan fingerprint density at radius 1 is 1.04 bits per heavy atom. The fourth-order valence-corrected chi connectivity index (χ4v) is 2.51. The predicted octanol–water partition coefficient (Wildman–Crippen LogP) is 4.20. The summed E-state index contributed by atoms with van der Waals surface area (Å²) in [4.78, 5) is 22.5. The Labute approximate surface area is 154 Å². The Balaban J connectivity index is 1.63. The summed E-state index contributed by atoms with van der Waals surface area (Å²) in [5, 5.41) is 11.5. The number of carbonyl (C=O) groups excluding carboxylic acids is 1. The van der Waals surface area contributed by atoms with Crippen molar-refractivity contribution in [2.45, 2.75) is 39.0 Å². The molecule has 138 valence electrons. The predicted molar refractivity (Wildman–Crippen MR) is 102 cm³/mol. The van der Waals surface area contributed by atoms with Crippen LogP contribution in [0, 0.1) is 6.92 Å². The summed E-state index contributed by atoms with van der Waals surface area (Å²) in [5.74, 6) is 0.0186. The van der Waals surface area contributed by atoms with Gasteiger partial charge in [0.25, 0.3) is 0 Å². The van der Waals surface area contributed by atoms with E-state index in [9.17, 15) is 9.59 Å². The summed E-state index contributed by atoms with van der Waals surface area (Å²) in [6.07, 6.45) is 2.61. The molecule has 0 unspecified atom stereocenters. The molecule has 2 aromatic carbocycles. The smallest absolute Gasteiger partial charge is 0.303 e. The van der Waals surface area contributed by atoms with Gasteiger partial charge in [-0.15, -0.1) is 0 Å². The molecule has 0 saturated heterocycles. The maximum atomic E-state index is 12.0. The van der Waals surface area contributed by atoms with E-state index >= 15 is 0 Å². The van der Waals surface area contributed by atoms with Gasteiger partial charge in [0.05, 0.1) is 6.61 Å². The summed E-state index contributed by atoms with van der Waals surface area (Å²) in [6, 6.07) is 15.2. The van der Waals surface area contributed by atoms with Gasteiger partial charge < -0.3 is 15.2 Å². The third kappa shape index (κ3) is 7.38. The van der Waals surface area contributed by atoms with Crippen molar-refractivity contribution in [3.63, 3.8) is 0 Å². The topological polar surface area (TPSA) is 75.6 Å². The number of carbonyl (C=O) groups is 2. The van der Waals surface area contributed by atoms with Crippen molar-refractivity contribution < 1.29 is 19.4 Å². The van der Waals surface area contributed by atoms with Gasteiger partial charge in [-0.3, -0.25) is 9.59 Å². The van der Waals surface area contributed by atoms with E-state index in [1.54, 1.807) is 12.1 Å². The van der Waals surface area contributed by atoms with Crippen molar-refractivity contribution in [2.75, 3.05) is 11.9 Å². The largest absolute Gasteiger partial charge is 0.494 e. The molecular formula is C21H25NO4. The molecule has 0 aliphatic carbocycles. The monoisotopic (exact) mass is 355 g/mol. The fourth-order valence-electron chi connectivity index (χ4n) is 2.51. The second-order valence-electron chi connectivity index (χ2n) is 6.26. The first kappa shape index (κ1) is 19.5. The number of rotatable bonds is 10. The van der Waals surface area contributed by atoms with E-state index in [1.165, 1.54) is 0 Å². The zero-order valence-corrected chi connectivity index (χ0v) is 15.0. The molecule has 5 heteroatoms. The molecule has 2 N–H and O–H groups in total. The highest BCUT2D eigenvalue weighted by Gasteiger charge is 2.04. The number of aliphatic carboxylic acids is 1. The van der Waals surface area contributed by atoms with Crippen molar-refractivity contribution in [2.24, 2.45) is 0 Å². The van der Waals surface area contributed by atoms with Crippen LogP contribution < -0.4 is 10.1 Å². The summed E-state index contributed by atoms with van der Waals surface area (Å²) in [7, 11) is 0. The molecule has 0 bridgehead atoms. The van der Waals surface area contributed by atoms with Gasteiger partial charge >= 0.3 is 5.97 Å². The van der Waals surface area contributed by atoms with Crippen molar-refractivity contribution in [1.82, 2.24) is 0 Å². The molecule has 1 amide bonds. The van der Waals surface area contributed by atoms with Crippen molar-refractivity contribution in [3.8, 4) is 5.75 Å². The van der Waals surface area contributed by atoms with E-state index in [2.05, 4.69) is 5.32 Å². The van der Waals surface area contributed by atoms with Crippen LogP contribution in [-0.2, 0) is 16.0 Å². The zero-order chi connectivity index (χ0) is 18.8. The average Bonchev–Trinajstić information content (AvgIpc) is 2.61. The van der Waals surface area contributed by atoms with E-state index in [0.717, 1.165) is 35.4 Å². The molecule has 0 fully saturated rings. The molecule has 26 heavy (non-hydrogen) atoms. The second kappa shape index (κ2) is 10.2. The van der Waals surface area contributed by atoms with Gasteiger partial charge in [-0.1, -0.05) is 24.3 Å². The molecule has 0 aromatic heterocycles. The SMILES string of the molecule is Cc1cccc(OCCCCC(=O)Nc2ccc(CCC(=O)O)cc2)c1. The number of ether oxygens (including phenoxy) is 1. The Bertz CT molecular complexity index is 725. The number of nitrogens with one attached hydrogen (secondary N) is 1. The molecule has 0 aliphatic rings. The molecule has 0 saturated carbocycles. The van der Waals surface area contributed by atoms with Gasteiger partial charge in [-0.2, -0.15) is 0 Å². The maximum absolute atomic E-state index is 12.0. The summed E-state index contributed by atoms with van der Waals surface area (Å²) < 4.78 is 5.67. The molecule has 0 radical (unpaired) electrons. The van der Waals surface area contributed by atoms with Crippen LogP contribution in [0.3, 0.4) is 0 Å². The molecular weight excluding hydrogens is 330 g/mol. The third-order valence-electron chi connectivity index (χ3n) is 3.92. The van der Waals surface area contributed by atoms with E-state index < -0.39 is 5.97 Å². The molecule has 0 atom stereocenters. The van der Waals surface area contributed by atoms with Gasteiger partial charge in [-0.25, -0.2) is 0 Å². The minimum Gasteiger partial charge on any atom is -0.494 e. The van der Waals surface area contributed by atoms with Crippen LogP contribution in [0.4, 0.5) is 5.69 Å². The number of hydrogen-bond acceptors (Lipinski definition) is 3. The number of unbranched alkanes of at least 4 members (excludes halogenated alkanes) is 1. The lowest BCUT2D eigenvalue weighted by atomic mass is 10.1. The first-order chi connectivity index (χ1) is 12.5. The highest BCUT2D eigenvalue weighted by Crippen LogP contribution is 2.14. The van der Waals surface area contributed by atoms with Gasteiger partial charge in [0.15, 0.2) is 0 Å². The van der Waals surface area contributed by atoms with E-state index in [0.29, 0.717) is 19.4 Å². The van der Waals surface area contributed by atoms with E-state index in [-0.39, 0.29) is 12.3 Å². The Morgan fingerprint density at radius 2 is 1.81 bits per heavy atom. The van der Waals surface area contributed by atoms with Gasteiger partial charge in [0.1, 0.15) is 5.75 Å². The molecule has 0 aliphatic heterocycles. The van der Waals surface area contributed by atoms with Crippen molar-refractivity contribution in [1.29, 1.82) is 0 Å². The van der Waals surface area contributed by atoms with Crippen LogP contribution in [0.25, 0.3) is 0 Å². The number of carboxylic acid groups (broad SMARTS) is 1. The van der Waals surface area contributed by atoms with Gasteiger partial charge in [-0.05, 0) is 61.6 Å². The Kier molecular flexibility index (Phi) is 7.68. The first-order valence-corrected chi connectivity index (χ1v) is 8.83. The third-order valence-corrected chi connectivity index (χ3v) is 3.92. The highest BCUT2D eigenvalue weighted by molar-refractivity contribution is 5.90. The Hall–Kier alpha value is -2.82. The molecule has 2 rings (SSSR count). The van der Waals surface area contributed by atoms with E-state index in [4.69, 9.17) is 9.84 Å². The maximum Gasteiger partial charge on any atom is 0.303 e. The van der Waals surface area contributed by atoms with Gasteiger partial charge in [0, 0.05) is 18.5 Å².